The van der Waals surface area contributed by atoms with Gasteiger partial charge in [-0.05, 0) is 12.1 Å². The van der Waals surface area contributed by atoms with E-state index < -0.39 is 45.4 Å². The molecule has 23 heavy (non-hydrogen) atoms. The summed E-state index contributed by atoms with van der Waals surface area (Å²) in [5, 5.41) is 1.66. The second kappa shape index (κ2) is 6.65. The van der Waals surface area contributed by atoms with Crippen molar-refractivity contribution in [1.82, 2.24) is 9.62 Å². The van der Waals surface area contributed by atoms with Gasteiger partial charge >= 0.3 is 6.18 Å². The zero-order chi connectivity index (χ0) is 17.3. The highest BCUT2D eigenvalue weighted by atomic mass is 32.2. The molecule has 1 saturated heterocycles. The molecule has 11 heteroatoms. The molecule has 1 N–H and O–H groups in total. The van der Waals surface area contributed by atoms with Crippen molar-refractivity contribution in [2.75, 3.05) is 18.2 Å². The molecule has 1 amide bonds. The smallest absolute Gasteiger partial charge is 0.346 e. The molecule has 1 aromatic rings. The van der Waals surface area contributed by atoms with E-state index in [2.05, 4.69) is 0 Å². The highest BCUT2D eigenvalue weighted by Crippen LogP contribution is 2.29. The summed E-state index contributed by atoms with van der Waals surface area (Å²) in [6.07, 6.45) is -4.60. The topological polar surface area (TPSA) is 66.5 Å². The van der Waals surface area contributed by atoms with Gasteiger partial charge < -0.3 is 5.32 Å². The molecule has 1 heterocycles. The summed E-state index contributed by atoms with van der Waals surface area (Å²) in [7, 11) is -4.32. The monoisotopic (exact) mass is 372 g/mol. The van der Waals surface area contributed by atoms with Crippen LogP contribution < -0.4 is 5.32 Å². The maximum Gasteiger partial charge on any atom is 0.405 e. The van der Waals surface area contributed by atoms with E-state index in [0.29, 0.717) is 4.31 Å². The van der Waals surface area contributed by atoms with Gasteiger partial charge in [0.2, 0.25) is 15.9 Å². The minimum absolute atomic E-state index is 0.00261. The van der Waals surface area contributed by atoms with Crippen LogP contribution in [0.5, 0.6) is 0 Å². The molecule has 1 atom stereocenters. The van der Waals surface area contributed by atoms with Crippen LogP contribution in [0.25, 0.3) is 0 Å². The number of alkyl halides is 3. The van der Waals surface area contributed by atoms with Crippen molar-refractivity contribution in [3.63, 3.8) is 0 Å². The highest BCUT2D eigenvalue weighted by Gasteiger charge is 2.41. The Hall–Kier alpha value is -1.33. The number of thioether (sulfide) groups is 1. The van der Waals surface area contributed by atoms with Crippen LogP contribution in [0.15, 0.2) is 29.2 Å². The van der Waals surface area contributed by atoms with Gasteiger partial charge in [-0.15, -0.1) is 11.8 Å². The molecule has 0 saturated carbocycles. The van der Waals surface area contributed by atoms with E-state index in [0.717, 1.165) is 23.9 Å². The Morgan fingerprint density at radius 3 is 2.61 bits per heavy atom. The second-order valence-corrected chi connectivity index (χ2v) is 7.53. The lowest BCUT2D eigenvalue weighted by atomic mass is 10.3. The third-order valence-corrected chi connectivity index (χ3v) is 6.09. The summed E-state index contributed by atoms with van der Waals surface area (Å²) in [5.74, 6) is -2.19. The number of benzene rings is 1. The van der Waals surface area contributed by atoms with E-state index in [1.165, 1.54) is 12.1 Å². The first-order valence-electron chi connectivity index (χ1n) is 6.31. The Morgan fingerprint density at radius 2 is 2.00 bits per heavy atom. The van der Waals surface area contributed by atoms with Gasteiger partial charge in [-0.25, -0.2) is 12.8 Å². The number of nitrogens with zero attached hydrogens (tertiary/aromatic N) is 1. The minimum atomic E-state index is -4.60. The number of carbonyl (C=O) groups excluding carboxylic acids is 1. The molecule has 0 aromatic heterocycles. The molecule has 0 spiro atoms. The van der Waals surface area contributed by atoms with Gasteiger partial charge in [0, 0.05) is 5.75 Å². The van der Waals surface area contributed by atoms with E-state index in [1.807, 2.05) is 0 Å². The Bertz CT molecular complexity index is 694. The average Bonchev–Trinajstić information content (AvgIpc) is 2.94. The molecule has 2 rings (SSSR count). The molecule has 128 valence electrons. The predicted molar refractivity (Wildman–Crippen MR) is 75.6 cm³/mol. The van der Waals surface area contributed by atoms with Gasteiger partial charge in [0.15, 0.2) is 0 Å². The standard InChI is InChI=1S/C12H12F4N2O3S2/c13-8-3-1-2-4-10(8)23(20,21)18-7-22-5-9(18)11(19)17-6-12(14,15)16/h1-4,9H,5-7H2,(H,17,19)/t9-/m1/s1. The number of amides is 1. The van der Waals surface area contributed by atoms with Gasteiger partial charge in [-0.2, -0.15) is 17.5 Å². The van der Waals surface area contributed by atoms with E-state index in [4.69, 9.17) is 0 Å². The molecule has 1 aromatic carbocycles. The number of halogens is 4. The van der Waals surface area contributed by atoms with Gasteiger partial charge in [0.25, 0.3) is 0 Å². The van der Waals surface area contributed by atoms with Crippen molar-refractivity contribution in [2.24, 2.45) is 0 Å². The molecular weight excluding hydrogens is 360 g/mol. The van der Waals surface area contributed by atoms with Crippen LogP contribution in [0.1, 0.15) is 0 Å². The number of nitrogens with one attached hydrogen (secondary N) is 1. The highest BCUT2D eigenvalue weighted by molar-refractivity contribution is 8.00. The lowest BCUT2D eigenvalue weighted by molar-refractivity contribution is -0.140. The number of carbonyl (C=O) groups is 1. The van der Waals surface area contributed by atoms with Crippen LogP contribution in [0.3, 0.4) is 0 Å². The largest absolute Gasteiger partial charge is 0.405 e. The Kier molecular flexibility index (Phi) is 5.21. The zero-order valence-electron chi connectivity index (χ0n) is 11.5. The van der Waals surface area contributed by atoms with Gasteiger partial charge in [0.05, 0.1) is 5.88 Å². The molecule has 0 bridgehead atoms. The third kappa shape index (κ3) is 4.15. The van der Waals surface area contributed by atoms with Gasteiger partial charge in [-0.1, -0.05) is 12.1 Å². The molecule has 1 fully saturated rings. The summed E-state index contributed by atoms with van der Waals surface area (Å²) in [6, 6.07) is 3.30. The maximum absolute atomic E-state index is 13.7. The summed E-state index contributed by atoms with van der Waals surface area (Å²) in [4.78, 5) is 11.2. The van der Waals surface area contributed by atoms with E-state index in [9.17, 15) is 30.8 Å². The van der Waals surface area contributed by atoms with E-state index in [-0.39, 0.29) is 11.6 Å². The summed E-state index contributed by atoms with van der Waals surface area (Å²) in [5.41, 5.74) is 0. The second-order valence-electron chi connectivity index (χ2n) is 4.67. The molecule has 1 aliphatic heterocycles. The lowest BCUT2D eigenvalue weighted by Crippen LogP contribution is -2.49. The van der Waals surface area contributed by atoms with Crippen LogP contribution in [-0.4, -0.2) is 49.0 Å². The van der Waals surface area contributed by atoms with Crippen LogP contribution >= 0.6 is 11.8 Å². The van der Waals surface area contributed by atoms with Gasteiger partial charge in [-0.3, -0.25) is 4.79 Å². The number of rotatable bonds is 4. The average molecular weight is 372 g/mol. The summed E-state index contributed by atoms with van der Waals surface area (Å²) < 4.78 is 75.8. The Labute approximate surface area is 134 Å². The molecule has 5 nitrogen and oxygen atoms in total. The zero-order valence-corrected chi connectivity index (χ0v) is 13.1. The van der Waals surface area contributed by atoms with Crippen molar-refractivity contribution >= 4 is 27.7 Å². The molecule has 0 unspecified atom stereocenters. The minimum Gasteiger partial charge on any atom is -0.346 e. The number of sulfonamides is 1. The first-order chi connectivity index (χ1) is 10.6. The number of hydrogen-bond acceptors (Lipinski definition) is 4. The molecule has 0 aliphatic carbocycles. The summed E-state index contributed by atoms with van der Waals surface area (Å²) >= 11 is 1.06. The van der Waals surface area contributed by atoms with Crippen LogP contribution in [-0.2, 0) is 14.8 Å². The summed E-state index contributed by atoms with van der Waals surface area (Å²) in [6.45, 7) is -1.55. The van der Waals surface area contributed by atoms with Crippen LogP contribution in [0, 0.1) is 5.82 Å². The van der Waals surface area contributed by atoms with Crippen molar-refractivity contribution in [1.29, 1.82) is 0 Å². The SMILES string of the molecule is O=C(NCC(F)(F)F)[C@H]1CSCN1S(=O)(=O)c1ccccc1F. The van der Waals surface area contributed by atoms with Crippen molar-refractivity contribution in [3.05, 3.63) is 30.1 Å². The Balaban J connectivity index is 2.21. The van der Waals surface area contributed by atoms with Gasteiger partial charge in [0.1, 0.15) is 23.3 Å². The van der Waals surface area contributed by atoms with Crippen LogP contribution in [0.2, 0.25) is 0 Å². The van der Waals surface area contributed by atoms with Crippen molar-refractivity contribution in [2.45, 2.75) is 17.1 Å². The normalized spacial score (nSPS) is 19.7. The fourth-order valence-corrected chi connectivity index (χ4v) is 5.17. The fraction of sp³-hybridized carbons (Fsp3) is 0.417. The first-order valence-corrected chi connectivity index (χ1v) is 8.91. The fourth-order valence-electron chi connectivity index (χ4n) is 1.96. The quantitative estimate of drug-likeness (QED) is 0.815. The number of hydrogen-bond donors (Lipinski definition) is 1. The first kappa shape index (κ1) is 18.0. The van der Waals surface area contributed by atoms with E-state index in [1.54, 1.807) is 5.32 Å². The van der Waals surface area contributed by atoms with Crippen molar-refractivity contribution in [3.8, 4) is 0 Å². The lowest BCUT2D eigenvalue weighted by Gasteiger charge is -2.23. The molecule has 1 aliphatic rings. The predicted octanol–water partition coefficient (Wildman–Crippen LogP) is 1.57. The Morgan fingerprint density at radius 1 is 1.35 bits per heavy atom. The third-order valence-electron chi connectivity index (χ3n) is 3.03. The van der Waals surface area contributed by atoms with Crippen LogP contribution in [0.4, 0.5) is 17.6 Å². The van der Waals surface area contributed by atoms with Crippen molar-refractivity contribution < 1.29 is 30.8 Å². The maximum atomic E-state index is 13.7. The molecular formula is C12H12F4N2O3S2. The molecule has 0 radical (unpaired) electrons. The van der Waals surface area contributed by atoms with E-state index >= 15 is 0 Å².